The highest BCUT2D eigenvalue weighted by atomic mass is 32.1. The van der Waals surface area contributed by atoms with Crippen molar-refractivity contribution in [3.63, 3.8) is 0 Å². The van der Waals surface area contributed by atoms with Crippen LogP contribution in [0.3, 0.4) is 0 Å². The molecule has 1 aromatic carbocycles. The third kappa shape index (κ3) is 4.56. The number of benzene rings is 1. The van der Waals surface area contributed by atoms with E-state index in [1.54, 1.807) is 11.3 Å². The van der Waals surface area contributed by atoms with E-state index >= 15 is 0 Å². The van der Waals surface area contributed by atoms with Crippen LogP contribution in [0.1, 0.15) is 42.5 Å². The lowest BCUT2D eigenvalue weighted by molar-refractivity contribution is -0.121. The van der Waals surface area contributed by atoms with Crippen molar-refractivity contribution >= 4 is 22.9 Å². The van der Waals surface area contributed by atoms with Crippen LogP contribution < -0.4 is 11.1 Å². The first-order chi connectivity index (χ1) is 10.1. The second-order valence-corrected chi connectivity index (χ2v) is 6.24. The van der Waals surface area contributed by atoms with Gasteiger partial charge in [-0.2, -0.15) is 0 Å². The number of rotatable bonds is 6. The lowest BCUT2D eigenvalue weighted by Gasteiger charge is -2.06. The molecule has 0 unspecified atom stereocenters. The van der Waals surface area contributed by atoms with Crippen LogP contribution in [0, 0.1) is 0 Å². The standard InChI is InChI=1S/C16H21N3OS/c1-11(2)14-10-21-16(19-14)9-18-15(20)8-7-12-5-3-4-6-13(12)17/h3-6,10-11H,7-9,17H2,1-2H3,(H,18,20). The third-order valence-corrected chi connectivity index (χ3v) is 4.14. The summed E-state index contributed by atoms with van der Waals surface area (Å²) in [6, 6.07) is 7.65. The van der Waals surface area contributed by atoms with E-state index in [2.05, 4.69) is 29.5 Å². The Labute approximate surface area is 129 Å². The zero-order valence-electron chi connectivity index (χ0n) is 12.4. The highest BCUT2D eigenvalue weighted by Crippen LogP contribution is 2.17. The number of anilines is 1. The maximum absolute atomic E-state index is 11.9. The van der Waals surface area contributed by atoms with Gasteiger partial charge in [-0.25, -0.2) is 4.98 Å². The fourth-order valence-corrected chi connectivity index (χ4v) is 2.84. The van der Waals surface area contributed by atoms with Gasteiger partial charge in [-0.05, 0) is 24.0 Å². The van der Waals surface area contributed by atoms with Gasteiger partial charge in [-0.1, -0.05) is 32.0 Å². The molecule has 3 N–H and O–H groups in total. The van der Waals surface area contributed by atoms with Crippen molar-refractivity contribution in [1.82, 2.24) is 10.3 Å². The van der Waals surface area contributed by atoms with Gasteiger partial charge in [0, 0.05) is 17.5 Å². The number of para-hydroxylation sites is 1. The molecule has 4 nitrogen and oxygen atoms in total. The van der Waals surface area contributed by atoms with Crippen LogP contribution in [0.25, 0.3) is 0 Å². The molecule has 1 heterocycles. The highest BCUT2D eigenvalue weighted by molar-refractivity contribution is 7.09. The van der Waals surface area contributed by atoms with Crippen molar-refractivity contribution in [3.05, 3.63) is 45.9 Å². The molecule has 0 saturated heterocycles. The molecule has 112 valence electrons. The molecule has 0 bridgehead atoms. The molecule has 0 fully saturated rings. The predicted molar refractivity (Wildman–Crippen MR) is 87.2 cm³/mol. The summed E-state index contributed by atoms with van der Waals surface area (Å²) in [7, 11) is 0. The second-order valence-electron chi connectivity index (χ2n) is 5.30. The molecule has 0 atom stereocenters. The largest absolute Gasteiger partial charge is 0.399 e. The van der Waals surface area contributed by atoms with E-state index in [4.69, 9.17) is 5.73 Å². The SMILES string of the molecule is CC(C)c1csc(CNC(=O)CCc2ccccc2N)n1. The van der Waals surface area contributed by atoms with Crippen LogP contribution in [0.5, 0.6) is 0 Å². The molecule has 1 aromatic heterocycles. The van der Waals surface area contributed by atoms with Crippen LogP contribution in [0.4, 0.5) is 5.69 Å². The second kappa shape index (κ2) is 7.22. The fraction of sp³-hybridized carbons (Fsp3) is 0.375. The Balaban J connectivity index is 1.78. The number of nitrogens with two attached hydrogens (primary N) is 1. The van der Waals surface area contributed by atoms with E-state index in [-0.39, 0.29) is 5.91 Å². The molecular formula is C16H21N3OS. The molecule has 0 spiro atoms. The number of carbonyl (C=O) groups is 1. The summed E-state index contributed by atoms with van der Waals surface area (Å²) in [4.78, 5) is 16.4. The molecule has 0 aliphatic carbocycles. The smallest absolute Gasteiger partial charge is 0.220 e. The number of aromatic nitrogens is 1. The number of nitrogens with one attached hydrogen (secondary N) is 1. The van der Waals surface area contributed by atoms with Gasteiger partial charge in [0.25, 0.3) is 0 Å². The van der Waals surface area contributed by atoms with Crippen LogP contribution in [0.15, 0.2) is 29.6 Å². The van der Waals surface area contributed by atoms with Crippen molar-refractivity contribution in [1.29, 1.82) is 0 Å². The number of amides is 1. The summed E-state index contributed by atoms with van der Waals surface area (Å²) in [5.41, 5.74) is 8.71. The maximum Gasteiger partial charge on any atom is 0.220 e. The molecule has 0 saturated carbocycles. The van der Waals surface area contributed by atoms with Gasteiger partial charge < -0.3 is 11.1 Å². The molecule has 0 aliphatic rings. The monoisotopic (exact) mass is 303 g/mol. The van der Waals surface area contributed by atoms with Crippen LogP contribution in [0.2, 0.25) is 0 Å². The number of hydrogen-bond acceptors (Lipinski definition) is 4. The Kier molecular flexibility index (Phi) is 5.33. The van der Waals surface area contributed by atoms with E-state index in [0.717, 1.165) is 22.0 Å². The quantitative estimate of drug-likeness (QED) is 0.806. The molecule has 21 heavy (non-hydrogen) atoms. The van der Waals surface area contributed by atoms with Crippen LogP contribution in [-0.4, -0.2) is 10.9 Å². The van der Waals surface area contributed by atoms with E-state index < -0.39 is 0 Å². The first-order valence-corrected chi connectivity index (χ1v) is 7.98. The molecular weight excluding hydrogens is 282 g/mol. The molecule has 5 heteroatoms. The van der Waals surface area contributed by atoms with Crippen molar-refractivity contribution in [2.24, 2.45) is 0 Å². The van der Waals surface area contributed by atoms with Crippen molar-refractivity contribution < 1.29 is 4.79 Å². The van der Waals surface area contributed by atoms with Gasteiger partial charge in [0.15, 0.2) is 0 Å². The fourth-order valence-electron chi connectivity index (χ4n) is 1.94. The van der Waals surface area contributed by atoms with Gasteiger partial charge >= 0.3 is 0 Å². The van der Waals surface area contributed by atoms with Crippen molar-refractivity contribution in [3.8, 4) is 0 Å². The Morgan fingerprint density at radius 3 is 2.81 bits per heavy atom. The molecule has 0 aliphatic heterocycles. The minimum Gasteiger partial charge on any atom is -0.399 e. The lowest BCUT2D eigenvalue weighted by Crippen LogP contribution is -2.23. The van der Waals surface area contributed by atoms with Gasteiger partial charge in [-0.15, -0.1) is 11.3 Å². The maximum atomic E-state index is 11.9. The molecule has 2 aromatic rings. The minimum atomic E-state index is 0.0274. The summed E-state index contributed by atoms with van der Waals surface area (Å²) < 4.78 is 0. The summed E-state index contributed by atoms with van der Waals surface area (Å²) in [5.74, 6) is 0.450. The number of nitrogens with zero attached hydrogens (tertiary/aromatic N) is 1. The average molecular weight is 303 g/mol. The van der Waals surface area contributed by atoms with Gasteiger partial charge in [0.1, 0.15) is 5.01 Å². The Morgan fingerprint density at radius 1 is 1.38 bits per heavy atom. The number of hydrogen-bond donors (Lipinski definition) is 2. The zero-order chi connectivity index (χ0) is 15.2. The Hall–Kier alpha value is -1.88. The molecule has 1 amide bonds. The molecule has 2 rings (SSSR count). The van der Waals surface area contributed by atoms with Crippen LogP contribution in [-0.2, 0) is 17.8 Å². The van der Waals surface area contributed by atoms with Gasteiger partial charge in [-0.3, -0.25) is 4.79 Å². The number of aryl methyl sites for hydroxylation is 1. The number of thiazole rings is 1. The summed E-state index contributed by atoms with van der Waals surface area (Å²) in [6.45, 7) is 4.73. The van der Waals surface area contributed by atoms with Gasteiger partial charge in [0.2, 0.25) is 5.91 Å². The first kappa shape index (κ1) is 15.5. The Bertz CT molecular complexity index is 607. The predicted octanol–water partition coefficient (Wildman–Crippen LogP) is 3.10. The summed E-state index contributed by atoms with van der Waals surface area (Å²) in [6.07, 6.45) is 1.10. The highest BCUT2D eigenvalue weighted by Gasteiger charge is 2.08. The van der Waals surface area contributed by atoms with E-state index in [0.29, 0.717) is 25.3 Å². The van der Waals surface area contributed by atoms with E-state index in [1.165, 1.54) is 0 Å². The Morgan fingerprint density at radius 2 is 2.14 bits per heavy atom. The average Bonchev–Trinajstić information content (AvgIpc) is 2.93. The van der Waals surface area contributed by atoms with E-state index in [9.17, 15) is 4.79 Å². The zero-order valence-corrected chi connectivity index (χ0v) is 13.2. The summed E-state index contributed by atoms with van der Waals surface area (Å²) >= 11 is 1.59. The number of carbonyl (C=O) groups excluding carboxylic acids is 1. The minimum absolute atomic E-state index is 0.0274. The van der Waals surface area contributed by atoms with Crippen LogP contribution >= 0.6 is 11.3 Å². The van der Waals surface area contributed by atoms with Crippen molar-refractivity contribution in [2.45, 2.75) is 39.2 Å². The third-order valence-electron chi connectivity index (χ3n) is 3.27. The van der Waals surface area contributed by atoms with E-state index in [1.807, 2.05) is 24.3 Å². The topological polar surface area (TPSA) is 68.0 Å². The summed E-state index contributed by atoms with van der Waals surface area (Å²) in [5, 5.41) is 5.91. The normalized spacial score (nSPS) is 10.8. The number of nitrogen functional groups attached to an aromatic ring is 1. The molecule has 0 radical (unpaired) electrons. The van der Waals surface area contributed by atoms with Crippen molar-refractivity contribution in [2.75, 3.05) is 5.73 Å². The lowest BCUT2D eigenvalue weighted by atomic mass is 10.1. The first-order valence-electron chi connectivity index (χ1n) is 7.10. The van der Waals surface area contributed by atoms with Gasteiger partial charge in [0.05, 0.1) is 12.2 Å².